The zero-order valence-corrected chi connectivity index (χ0v) is 11.4. The van der Waals surface area contributed by atoms with Gasteiger partial charge < -0.3 is 5.43 Å². The number of nitrogens with zero attached hydrogens (tertiary/aromatic N) is 2. The first-order chi connectivity index (χ1) is 8.59. The molecule has 1 fully saturated rings. The van der Waals surface area contributed by atoms with Gasteiger partial charge in [-0.15, -0.1) is 0 Å². The first-order valence-electron chi connectivity index (χ1n) is 6.73. The van der Waals surface area contributed by atoms with E-state index in [0.29, 0.717) is 5.41 Å². The molecular formula is C14H24N4. The number of hydrazine groups is 1. The molecule has 100 valence electrons. The van der Waals surface area contributed by atoms with Crippen LogP contribution in [0, 0.1) is 5.41 Å². The maximum atomic E-state index is 5.39. The van der Waals surface area contributed by atoms with Crippen LogP contribution in [-0.2, 0) is 6.54 Å². The second kappa shape index (κ2) is 5.67. The van der Waals surface area contributed by atoms with Crippen LogP contribution in [0.25, 0.3) is 0 Å². The molecule has 0 unspecified atom stereocenters. The van der Waals surface area contributed by atoms with Crippen molar-refractivity contribution in [3.63, 3.8) is 0 Å². The molecule has 1 aromatic rings. The fraction of sp³-hybridized carbons (Fsp3) is 0.643. The molecule has 2 heterocycles. The minimum absolute atomic E-state index is 0.497. The molecule has 1 aliphatic rings. The average molecular weight is 248 g/mol. The number of nitrogen functional groups attached to an aromatic ring is 1. The Kier molecular flexibility index (Phi) is 4.19. The summed E-state index contributed by atoms with van der Waals surface area (Å²) in [6.07, 6.45) is 5.71. The summed E-state index contributed by atoms with van der Waals surface area (Å²) < 4.78 is 0. The van der Waals surface area contributed by atoms with E-state index in [4.69, 9.17) is 5.84 Å². The first-order valence-corrected chi connectivity index (χ1v) is 6.73. The Morgan fingerprint density at radius 3 is 3.00 bits per heavy atom. The van der Waals surface area contributed by atoms with Gasteiger partial charge in [0.05, 0.1) is 0 Å². The third-order valence-corrected chi connectivity index (χ3v) is 3.81. The average Bonchev–Trinajstić information content (AvgIpc) is 2.51. The molecule has 0 aliphatic carbocycles. The van der Waals surface area contributed by atoms with Gasteiger partial charge in [0.25, 0.3) is 0 Å². The SMILES string of the molecule is CC1(C)CCCN(Cc2ccnc(NN)c2)CC1. The fourth-order valence-corrected chi connectivity index (χ4v) is 2.55. The highest BCUT2D eigenvalue weighted by Crippen LogP contribution is 2.30. The van der Waals surface area contributed by atoms with Gasteiger partial charge >= 0.3 is 0 Å². The van der Waals surface area contributed by atoms with Crippen LogP contribution in [0.5, 0.6) is 0 Å². The van der Waals surface area contributed by atoms with Crippen molar-refractivity contribution in [1.82, 2.24) is 9.88 Å². The summed E-state index contributed by atoms with van der Waals surface area (Å²) in [7, 11) is 0. The van der Waals surface area contributed by atoms with E-state index in [1.165, 1.54) is 37.9 Å². The number of hydrogen-bond donors (Lipinski definition) is 2. The molecule has 0 amide bonds. The molecule has 4 nitrogen and oxygen atoms in total. The van der Waals surface area contributed by atoms with Crippen molar-refractivity contribution in [2.45, 2.75) is 39.7 Å². The molecule has 0 atom stereocenters. The van der Waals surface area contributed by atoms with Gasteiger partial charge in [-0.1, -0.05) is 13.8 Å². The van der Waals surface area contributed by atoms with E-state index in [1.807, 2.05) is 12.3 Å². The number of hydrogen-bond acceptors (Lipinski definition) is 4. The van der Waals surface area contributed by atoms with Crippen LogP contribution in [0.4, 0.5) is 5.82 Å². The maximum absolute atomic E-state index is 5.39. The monoisotopic (exact) mass is 248 g/mol. The number of anilines is 1. The standard InChI is InChI=1S/C14H24N4/c1-14(2)5-3-8-18(9-6-14)11-12-4-7-16-13(10-12)17-15/h4,7,10H,3,5-6,8-9,11,15H2,1-2H3,(H,16,17). The van der Waals surface area contributed by atoms with Crippen molar-refractivity contribution in [2.75, 3.05) is 18.5 Å². The lowest BCUT2D eigenvalue weighted by Crippen LogP contribution is -2.25. The molecule has 0 saturated carbocycles. The largest absolute Gasteiger partial charge is 0.308 e. The van der Waals surface area contributed by atoms with Crippen LogP contribution >= 0.6 is 0 Å². The molecule has 18 heavy (non-hydrogen) atoms. The van der Waals surface area contributed by atoms with Crippen molar-refractivity contribution in [2.24, 2.45) is 11.3 Å². The van der Waals surface area contributed by atoms with Crippen LogP contribution < -0.4 is 11.3 Å². The van der Waals surface area contributed by atoms with Gasteiger partial charge in [-0.3, -0.25) is 4.90 Å². The highest BCUT2D eigenvalue weighted by Gasteiger charge is 2.22. The summed E-state index contributed by atoms with van der Waals surface area (Å²) in [5, 5.41) is 0. The molecule has 3 N–H and O–H groups in total. The van der Waals surface area contributed by atoms with Crippen molar-refractivity contribution < 1.29 is 0 Å². The van der Waals surface area contributed by atoms with Crippen LogP contribution in [0.3, 0.4) is 0 Å². The quantitative estimate of drug-likeness (QED) is 0.637. The van der Waals surface area contributed by atoms with Crippen LogP contribution in [0.15, 0.2) is 18.3 Å². The van der Waals surface area contributed by atoms with Gasteiger partial charge in [-0.05, 0) is 55.5 Å². The molecule has 0 spiro atoms. The van der Waals surface area contributed by atoms with E-state index >= 15 is 0 Å². The molecule has 1 aliphatic heterocycles. The summed E-state index contributed by atoms with van der Waals surface area (Å²) in [5.41, 5.74) is 4.37. The molecule has 1 saturated heterocycles. The third-order valence-electron chi connectivity index (χ3n) is 3.81. The lowest BCUT2D eigenvalue weighted by atomic mass is 9.85. The lowest BCUT2D eigenvalue weighted by molar-refractivity contribution is 0.256. The van der Waals surface area contributed by atoms with Crippen LogP contribution in [-0.4, -0.2) is 23.0 Å². The molecular weight excluding hydrogens is 224 g/mol. The second-order valence-corrected chi connectivity index (χ2v) is 5.99. The number of pyridine rings is 1. The van der Waals surface area contributed by atoms with E-state index in [1.54, 1.807) is 0 Å². The van der Waals surface area contributed by atoms with Gasteiger partial charge in [0.2, 0.25) is 0 Å². The van der Waals surface area contributed by atoms with Gasteiger partial charge in [0.1, 0.15) is 5.82 Å². The third kappa shape index (κ3) is 3.68. The minimum atomic E-state index is 0.497. The summed E-state index contributed by atoms with van der Waals surface area (Å²) in [5.74, 6) is 6.12. The predicted molar refractivity (Wildman–Crippen MR) is 75.0 cm³/mol. The van der Waals surface area contributed by atoms with E-state index < -0.39 is 0 Å². The van der Waals surface area contributed by atoms with E-state index in [9.17, 15) is 0 Å². The van der Waals surface area contributed by atoms with Crippen molar-refractivity contribution >= 4 is 5.82 Å². The summed E-state index contributed by atoms with van der Waals surface area (Å²) in [4.78, 5) is 6.67. The highest BCUT2D eigenvalue weighted by atomic mass is 15.2. The topological polar surface area (TPSA) is 54.2 Å². The Labute approximate surface area is 110 Å². The minimum Gasteiger partial charge on any atom is -0.308 e. The molecule has 2 rings (SSSR count). The van der Waals surface area contributed by atoms with Crippen molar-refractivity contribution in [3.8, 4) is 0 Å². The van der Waals surface area contributed by atoms with E-state index in [2.05, 4.69) is 35.2 Å². The number of rotatable bonds is 3. The van der Waals surface area contributed by atoms with Gasteiger partial charge in [0.15, 0.2) is 0 Å². The van der Waals surface area contributed by atoms with Gasteiger partial charge in [-0.2, -0.15) is 0 Å². The van der Waals surface area contributed by atoms with E-state index in [-0.39, 0.29) is 0 Å². The zero-order chi connectivity index (χ0) is 13.0. The first kappa shape index (κ1) is 13.3. The predicted octanol–water partition coefficient (Wildman–Crippen LogP) is 2.38. The molecule has 0 radical (unpaired) electrons. The van der Waals surface area contributed by atoms with Gasteiger partial charge in [-0.25, -0.2) is 10.8 Å². The number of aromatic nitrogens is 1. The molecule has 1 aromatic heterocycles. The Hall–Kier alpha value is -1.13. The normalized spacial score (nSPS) is 20.4. The van der Waals surface area contributed by atoms with Crippen molar-refractivity contribution in [1.29, 1.82) is 0 Å². The number of nitrogens with one attached hydrogen (secondary N) is 1. The molecule has 0 bridgehead atoms. The summed E-state index contributed by atoms with van der Waals surface area (Å²) in [6.45, 7) is 8.11. The van der Waals surface area contributed by atoms with Crippen LogP contribution in [0.2, 0.25) is 0 Å². The number of nitrogens with two attached hydrogens (primary N) is 1. The van der Waals surface area contributed by atoms with E-state index in [0.717, 1.165) is 12.4 Å². The smallest absolute Gasteiger partial charge is 0.140 e. The van der Waals surface area contributed by atoms with Crippen molar-refractivity contribution in [3.05, 3.63) is 23.9 Å². The summed E-state index contributed by atoms with van der Waals surface area (Å²) in [6, 6.07) is 4.09. The zero-order valence-electron chi connectivity index (χ0n) is 11.4. The second-order valence-electron chi connectivity index (χ2n) is 5.99. The Morgan fingerprint density at radius 2 is 2.22 bits per heavy atom. The fourth-order valence-electron chi connectivity index (χ4n) is 2.55. The van der Waals surface area contributed by atoms with Gasteiger partial charge in [0, 0.05) is 12.7 Å². The molecule has 4 heteroatoms. The Morgan fingerprint density at radius 1 is 1.39 bits per heavy atom. The highest BCUT2D eigenvalue weighted by molar-refractivity contribution is 5.35. The number of likely N-dealkylation sites (tertiary alicyclic amines) is 1. The Bertz CT molecular complexity index is 389. The summed E-state index contributed by atoms with van der Waals surface area (Å²) >= 11 is 0. The molecule has 0 aromatic carbocycles. The Balaban J connectivity index is 1.96. The van der Waals surface area contributed by atoms with Crippen LogP contribution in [0.1, 0.15) is 38.7 Å². The lowest BCUT2D eigenvalue weighted by Gasteiger charge is -2.23. The maximum Gasteiger partial charge on any atom is 0.140 e.